The minimum atomic E-state index is -0.720. The van der Waals surface area contributed by atoms with E-state index in [2.05, 4.69) is 0 Å². The second-order valence-corrected chi connectivity index (χ2v) is 11.4. The van der Waals surface area contributed by atoms with E-state index in [4.69, 9.17) is 33.4 Å². The summed E-state index contributed by atoms with van der Waals surface area (Å²) in [6.07, 6.45) is 0. The van der Waals surface area contributed by atoms with Crippen LogP contribution in [0.3, 0.4) is 0 Å². The number of hydrazone groups is 2. The normalized spacial score (nSPS) is 20.0. The molecule has 2 amide bonds. The lowest BCUT2D eigenvalue weighted by Gasteiger charge is -2.29. The van der Waals surface area contributed by atoms with Crippen LogP contribution in [0, 0.1) is 39.5 Å². The molecule has 2 aliphatic heterocycles. The summed E-state index contributed by atoms with van der Waals surface area (Å²) < 4.78 is 0. The van der Waals surface area contributed by atoms with Crippen molar-refractivity contribution in [3.63, 3.8) is 0 Å². The van der Waals surface area contributed by atoms with E-state index in [1.165, 1.54) is 10.0 Å². The van der Waals surface area contributed by atoms with Crippen LogP contribution in [0.4, 0.5) is 11.4 Å². The standard InChI is InChI=1S/C31H30Cl2N4O2/c1-16-7-11-25(18(3)13-16)36-30(38)27(20(5)34-36)29(23-10-9-22(32)15-24(23)33)28-21(6)35-37(31(28)39)26-12-8-17(2)14-19(26)4/h7-15,27-29H,1-6H3. The molecule has 200 valence electrons. The molecule has 0 saturated carbocycles. The summed E-state index contributed by atoms with van der Waals surface area (Å²) in [6.45, 7) is 11.6. The van der Waals surface area contributed by atoms with Crippen LogP contribution < -0.4 is 10.0 Å². The molecule has 0 aromatic heterocycles. The Bertz CT molecular complexity index is 1490. The van der Waals surface area contributed by atoms with Crippen molar-refractivity contribution in [2.24, 2.45) is 22.0 Å². The van der Waals surface area contributed by atoms with Crippen LogP contribution in [0.5, 0.6) is 0 Å². The first-order chi connectivity index (χ1) is 18.5. The van der Waals surface area contributed by atoms with Crippen molar-refractivity contribution < 1.29 is 9.59 Å². The van der Waals surface area contributed by atoms with Gasteiger partial charge in [0, 0.05) is 27.4 Å². The first kappa shape index (κ1) is 27.1. The van der Waals surface area contributed by atoms with Crippen LogP contribution >= 0.6 is 23.2 Å². The number of halogens is 2. The molecule has 0 saturated heterocycles. The van der Waals surface area contributed by atoms with Gasteiger partial charge in [-0.05, 0) is 82.5 Å². The lowest BCUT2D eigenvalue weighted by Crippen LogP contribution is -2.40. The number of amides is 2. The van der Waals surface area contributed by atoms with Gasteiger partial charge in [0.2, 0.25) is 0 Å². The van der Waals surface area contributed by atoms with Crippen LogP contribution in [0.1, 0.15) is 47.6 Å². The third kappa shape index (κ3) is 4.77. The van der Waals surface area contributed by atoms with Crippen LogP contribution in [0.2, 0.25) is 10.0 Å². The van der Waals surface area contributed by atoms with Gasteiger partial charge in [0.25, 0.3) is 11.8 Å². The summed E-state index contributed by atoms with van der Waals surface area (Å²) in [5, 5.41) is 13.2. The minimum Gasteiger partial charge on any atom is -0.272 e. The first-order valence-electron chi connectivity index (χ1n) is 12.9. The van der Waals surface area contributed by atoms with Gasteiger partial charge >= 0.3 is 0 Å². The number of carbonyl (C=O) groups is 2. The highest BCUT2D eigenvalue weighted by Crippen LogP contribution is 2.45. The molecule has 2 atom stereocenters. The molecule has 0 N–H and O–H groups in total. The fourth-order valence-electron chi connectivity index (χ4n) is 5.74. The van der Waals surface area contributed by atoms with Crippen molar-refractivity contribution in [2.45, 2.75) is 47.5 Å². The molecule has 0 fully saturated rings. The van der Waals surface area contributed by atoms with Gasteiger partial charge in [-0.3, -0.25) is 9.59 Å². The van der Waals surface area contributed by atoms with Crippen molar-refractivity contribution in [3.8, 4) is 0 Å². The fourth-order valence-corrected chi connectivity index (χ4v) is 6.28. The molecule has 3 aromatic carbocycles. The summed E-state index contributed by atoms with van der Waals surface area (Å²) in [6, 6.07) is 16.9. The van der Waals surface area contributed by atoms with E-state index in [1.54, 1.807) is 18.2 Å². The predicted molar refractivity (Wildman–Crippen MR) is 159 cm³/mol. The number of nitrogens with zero attached hydrogens (tertiary/aromatic N) is 4. The third-order valence-electron chi connectivity index (χ3n) is 7.57. The number of carbonyl (C=O) groups excluding carboxylic acids is 2. The minimum absolute atomic E-state index is 0.207. The molecule has 2 unspecified atom stereocenters. The van der Waals surface area contributed by atoms with E-state index in [1.807, 2.05) is 77.9 Å². The highest BCUT2D eigenvalue weighted by atomic mass is 35.5. The lowest BCUT2D eigenvalue weighted by atomic mass is 9.73. The molecule has 2 aliphatic rings. The Morgan fingerprint density at radius 2 is 1.13 bits per heavy atom. The van der Waals surface area contributed by atoms with Gasteiger partial charge in [-0.25, -0.2) is 0 Å². The summed E-state index contributed by atoms with van der Waals surface area (Å²) in [4.78, 5) is 28.3. The van der Waals surface area contributed by atoms with Crippen molar-refractivity contribution >= 4 is 57.8 Å². The molecule has 6 nitrogen and oxygen atoms in total. The molecular weight excluding hydrogens is 531 g/mol. The summed E-state index contributed by atoms with van der Waals surface area (Å²) >= 11 is 13.0. The van der Waals surface area contributed by atoms with Crippen molar-refractivity contribution in [1.29, 1.82) is 0 Å². The average Bonchev–Trinajstić information content (AvgIpc) is 3.30. The Morgan fingerprint density at radius 1 is 0.667 bits per heavy atom. The Kier molecular flexibility index (Phi) is 7.12. The Hall–Kier alpha value is -3.48. The number of hydrogen-bond acceptors (Lipinski definition) is 4. The lowest BCUT2D eigenvalue weighted by molar-refractivity contribution is -0.122. The number of aryl methyl sites for hydroxylation is 4. The number of benzene rings is 3. The maximum Gasteiger partial charge on any atom is 0.256 e. The topological polar surface area (TPSA) is 65.3 Å². The second-order valence-electron chi connectivity index (χ2n) is 10.5. The first-order valence-corrected chi connectivity index (χ1v) is 13.6. The number of anilines is 2. The zero-order chi connectivity index (χ0) is 28.2. The van der Waals surface area contributed by atoms with E-state index in [9.17, 15) is 9.59 Å². The molecule has 0 aliphatic carbocycles. The van der Waals surface area contributed by atoms with Crippen LogP contribution in [-0.2, 0) is 9.59 Å². The van der Waals surface area contributed by atoms with Crippen molar-refractivity contribution in [1.82, 2.24) is 0 Å². The van der Waals surface area contributed by atoms with Gasteiger partial charge in [-0.2, -0.15) is 20.2 Å². The van der Waals surface area contributed by atoms with Gasteiger partial charge in [0.1, 0.15) is 0 Å². The largest absolute Gasteiger partial charge is 0.272 e. The molecule has 3 aromatic rings. The number of hydrogen-bond donors (Lipinski definition) is 0. The number of rotatable bonds is 5. The maximum absolute atomic E-state index is 14.1. The SMILES string of the molecule is CC1=NN(c2ccc(C)cc2C)C(=O)C1C(c1ccc(Cl)cc1Cl)C1C(=O)N(c2ccc(C)cc2C)N=C1C. The molecule has 8 heteroatoms. The molecule has 0 radical (unpaired) electrons. The Balaban J connectivity index is 1.61. The maximum atomic E-state index is 14.1. The summed E-state index contributed by atoms with van der Waals surface area (Å²) in [7, 11) is 0. The molecule has 5 rings (SSSR count). The van der Waals surface area contributed by atoms with Crippen LogP contribution in [0.25, 0.3) is 0 Å². The highest BCUT2D eigenvalue weighted by Gasteiger charge is 2.50. The monoisotopic (exact) mass is 560 g/mol. The van der Waals surface area contributed by atoms with Crippen molar-refractivity contribution in [3.05, 3.63) is 92.5 Å². The average molecular weight is 562 g/mol. The summed E-state index contributed by atoms with van der Waals surface area (Å²) in [5.74, 6) is -2.49. The van der Waals surface area contributed by atoms with Gasteiger partial charge < -0.3 is 0 Å². The Morgan fingerprint density at radius 3 is 1.54 bits per heavy atom. The zero-order valence-corrected chi connectivity index (χ0v) is 24.3. The van der Waals surface area contributed by atoms with E-state index in [-0.39, 0.29) is 11.8 Å². The van der Waals surface area contributed by atoms with E-state index in [0.29, 0.717) is 38.4 Å². The molecular formula is C31H30Cl2N4O2. The van der Waals surface area contributed by atoms with E-state index in [0.717, 1.165) is 22.3 Å². The zero-order valence-electron chi connectivity index (χ0n) is 22.8. The van der Waals surface area contributed by atoms with Gasteiger partial charge in [0.05, 0.1) is 23.2 Å². The van der Waals surface area contributed by atoms with Gasteiger partial charge in [-0.1, -0.05) is 64.7 Å². The van der Waals surface area contributed by atoms with Crippen LogP contribution in [0.15, 0.2) is 64.8 Å². The van der Waals surface area contributed by atoms with Crippen molar-refractivity contribution in [2.75, 3.05) is 10.0 Å². The van der Waals surface area contributed by atoms with Crippen LogP contribution in [-0.4, -0.2) is 23.2 Å². The molecule has 2 heterocycles. The smallest absolute Gasteiger partial charge is 0.256 e. The molecule has 39 heavy (non-hydrogen) atoms. The quantitative estimate of drug-likeness (QED) is 0.326. The second kappa shape index (κ2) is 10.2. The highest BCUT2D eigenvalue weighted by molar-refractivity contribution is 6.35. The van der Waals surface area contributed by atoms with E-state index >= 15 is 0 Å². The molecule has 0 spiro atoms. The fraction of sp³-hybridized carbons (Fsp3) is 0.290. The van der Waals surface area contributed by atoms with Gasteiger partial charge in [-0.15, -0.1) is 0 Å². The predicted octanol–water partition coefficient (Wildman–Crippen LogP) is 7.39. The third-order valence-corrected chi connectivity index (χ3v) is 8.13. The molecule has 0 bridgehead atoms. The Labute approximate surface area is 238 Å². The summed E-state index contributed by atoms with van der Waals surface area (Å²) in [5.41, 5.74) is 7.40. The van der Waals surface area contributed by atoms with E-state index < -0.39 is 17.8 Å². The van der Waals surface area contributed by atoms with Gasteiger partial charge in [0.15, 0.2) is 0 Å².